The van der Waals surface area contributed by atoms with Gasteiger partial charge in [0.2, 0.25) is 0 Å². The molecule has 0 bridgehead atoms. The lowest BCUT2D eigenvalue weighted by molar-refractivity contribution is 0.220. The zero-order chi connectivity index (χ0) is 9.28. The lowest BCUT2D eigenvalue weighted by atomic mass is 10.6. The van der Waals surface area contributed by atoms with E-state index in [9.17, 15) is 8.42 Å². The van der Waals surface area contributed by atoms with E-state index in [-0.39, 0.29) is 6.42 Å². The summed E-state index contributed by atoms with van der Waals surface area (Å²) in [5, 5.41) is 0. The molecule has 0 heterocycles. The molecule has 68 valence electrons. The van der Waals surface area contributed by atoms with E-state index in [4.69, 9.17) is 18.9 Å². The molecule has 0 saturated heterocycles. The normalized spacial score (nSPS) is 16.5. The Hall–Kier alpha value is 0.00688. The van der Waals surface area contributed by atoms with Crippen molar-refractivity contribution in [2.45, 2.75) is 18.2 Å². The first-order chi connectivity index (χ1) is 4.69. The molecule has 0 rings (SSSR count). The maximum absolute atomic E-state index is 10.3. The minimum atomic E-state index is -4.76. The van der Waals surface area contributed by atoms with E-state index in [0.717, 1.165) is 0 Å². The summed E-state index contributed by atoms with van der Waals surface area (Å²) in [6, 6.07) is 0. The summed E-state index contributed by atoms with van der Waals surface area (Å²) in [7, 11) is -9.32. The minimum Gasteiger partial charge on any atom is -0.389 e. The van der Waals surface area contributed by atoms with Crippen LogP contribution in [0.25, 0.3) is 0 Å². The van der Waals surface area contributed by atoms with Crippen molar-refractivity contribution in [3.05, 3.63) is 0 Å². The van der Waals surface area contributed by atoms with Gasteiger partial charge in [0.15, 0.2) is 4.87 Å². The second-order valence-electron chi connectivity index (χ2n) is 2.10. The first-order valence-electron chi connectivity index (χ1n) is 2.83. The van der Waals surface area contributed by atoms with Crippen molar-refractivity contribution in [2.24, 2.45) is 0 Å². The average molecular weight is 202 g/mol. The van der Waals surface area contributed by atoms with Crippen LogP contribution >= 0.6 is 0 Å². The summed E-state index contributed by atoms with van der Waals surface area (Å²) in [5.74, 6) is 0. The third-order valence-electron chi connectivity index (χ3n) is 1.16. The fourth-order valence-corrected chi connectivity index (χ4v) is 3.25. The average Bonchev–Trinajstić information content (AvgIpc) is 1.56. The molecule has 0 fully saturated rings. The molecule has 0 aromatic carbocycles. The van der Waals surface area contributed by atoms with Gasteiger partial charge in [0.1, 0.15) is 0 Å². The lowest BCUT2D eigenvalue weighted by Crippen LogP contribution is -2.52. The van der Waals surface area contributed by atoms with E-state index in [2.05, 4.69) is 0 Å². The van der Waals surface area contributed by atoms with Crippen molar-refractivity contribution in [3.63, 3.8) is 0 Å². The molecule has 4 N–H and O–H groups in total. The van der Waals surface area contributed by atoms with Gasteiger partial charge in [-0.25, -0.2) is 0 Å². The third kappa shape index (κ3) is 3.27. The van der Waals surface area contributed by atoms with Crippen molar-refractivity contribution in [3.8, 4) is 0 Å². The van der Waals surface area contributed by atoms with Gasteiger partial charge in [0, 0.05) is 0 Å². The van der Waals surface area contributed by atoms with Crippen LogP contribution in [0.15, 0.2) is 0 Å². The van der Waals surface area contributed by atoms with Crippen LogP contribution in [0.4, 0.5) is 0 Å². The van der Waals surface area contributed by atoms with Crippen LogP contribution < -0.4 is 0 Å². The van der Waals surface area contributed by atoms with Crippen molar-refractivity contribution >= 4 is 18.9 Å². The minimum absolute atomic E-state index is 0.242. The van der Waals surface area contributed by atoms with Crippen LogP contribution in [0.2, 0.25) is 0 Å². The standard InChI is InChI=1S/C3H10O6SSi/c1-2-3(10(4,5)6)11(7,8)9/h3,7-9H,2H2,1H3,(H,4,5,6). The van der Waals surface area contributed by atoms with E-state index in [1.807, 2.05) is 0 Å². The SMILES string of the molecule is CCC([Si](O)(O)O)S(=O)(=O)O. The lowest BCUT2D eigenvalue weighted by Gasteiger charge is -2.17. The highest BCUT2D eigenvalue weighted by Gasteiger charge is 2.46. The molecule has 0 aliphatic rings. The first kappa shape index (κ1) is 11.0. The molecule has 0 aliphatic carbocycles. The Morgan fingerprint density at radius 3 is 1.73 bits per heavy atom. The maximum atomic E-state index is 10.3. The van der Waals surface area contributed by atoms with Gasteiger partial charge < -0.3 is 14.4 Å². The van der Waals surface area contributed by atoms with Crippen LogP contribution in [0.1, 0.15) is 13.3 Å². The molecule has 11 heavy (non-hydrogen) atoms. The van der Waals surface area contributed by atoms with Crippen LogP contribution in [0.5, 0.6) is 0 Å². The Kier molecular flexibility index (Phi) is 3.17. The summed E-state index contributed by atoms with van der Waals surface area (Å²) >= 11 is 0. The number of rotatable bonds is 3. The predicted molar refractivity (Wildman–Crippen MR) is 38.0 cm³/mol. The Morgan fingerprint density at radius 2 is 1.73 bits per heavy atom. The van der Waals surface area contributed by atoms with Gasteiger partial charge in [0.25, 0.3) is 10.1 Å². The number of hydrogen-bond donors (Lipinski definition) is 4. The van der Waals surface area contributed by atoms with E-state index in [0.29, 0.717) is 0 Å². The second kappa shape index (κ2) is 3.17. The molecular formula is C3H10O6SSi. The quantitative estimate of drug-likeness (QED) is 0.314. The molecule has 0 aromatic heterocycles. The Balaban J connectivity index is 4.72. The highest BCUT2D eigenvalue weighted by atomic mass is 32.2. The van der Waals surface area contributed by atoms with E-state index in [1.165, 1.54) is 6.92 Å². The van der Waals surface area contributed by atoms with Gasteiger partial charge in [-0.2, -0.15) is 8.42 Å². The van der Waals surface area contributed by atoms with Gasteiger partial charge in [-0.15, -0.1) is 0 Å². The molecule has 8 heteroatoms. The molecule has 0 saturated carbocycles. The first-order valence-corrected chi connectivity index (χ1v) is 6.25. The van der Waals surface area contributed by atoms with Gasteiger partial charge in [-0.3, -0.25) is 4.55 Å². The zero-order valence-corrected chi connectivity index (χ0v) is 7.61. The summed E-state index contributed by atoms with van der Waals surface area (Å²) in [4.78, 5) is 23.7. The zero-order valence-electron chi connectivity index (χ0n) is 5.80. The molecule has 0 spiro atoms. The van der Waals surface area contributed by atoms with E-state index in [1.54, 1.807) is 0 Å². The summed E-state index contributed by atoms with van der Waals surface area (Å²) in [5.41, 5.74) is 0. The Labute approximate surface area is 65.2 Å². The maximum Gasteiger partial charge on any atom is 0.514 e. The van der Waals surface area contributed by atoms with E-state index >= 15 is 0 Å². The second-order valence-corrected chi connectivity index (χ2v) is 6.19. The topological polar surface area (TPSA) is 115 Å². The van der Waals surface area contributed by atoms with Crippen LogP contribution in [0, 0.1) is 0 Å². The molecule has 1 unspecified atom stereocenters. The van der Waals surface area contributed by atoms with Gasteiger partial charge in [-0.05, 0) is 6.42 Å². The highest BCUT2D eigenvalue weighted by molar-refractivity contribution is 7.88. The summed E-state index contributed by atoms with van der Waals surface area (Å²) < 4.78 is 29.0. The van der Waals surface area contributed by atoms with Gasteiger partial charge in [0.05, 0.1) is 0 Å². The van der Waals surface area contributed by atoms with Crippen LogP contribution in [0.3, 0.4) is 0 Å². The van der Waals surface area contributed by atoms with Crippen LogP contribution in [-0.4, -0.2) is 41.0 Å². The van der Waals surface area contributed by atoms with Crippen molar-refractivity contribution in [2.75, 3.05) is 0 Å². The summed E-state index contributed by atoms with van der Waals surface area (Å²) in [6.45, 7) is 1.31. The van der Waals surface area contributed by atoms with E-state index < -0.39 is 23.8 Å². The molecular weight excluding hydrogens is 192 g/mol. The van der Waals surface area contributed by atoms with Crippen molar-refractivity contribution < 1.29 is 27.4 Å². The largest absolute Gasteiger partial charge is 0.514 e. The fraction of sp³-hybridized carbons (Fsp3) is 1.00. The third-order valence-corrected chi connectivity index (χ3v) is 5.33. The Morgan fingerprint density at radius 1 is 1.36 bits per heavy atom. The van der Waals surface area contributed by atoms with Crippen molar-refractivity contribution in [1.82, 2.24) is 0 Å². The van der Waals surface area contributed by atoms with Gasteiger partial charge in [-0.1, -0.05) is 6.92 Å². The monoisotopic (exact) mass is 202 g/mol. The molecule has 6 nitrogen and oxygen atoms in total. The molecule has 0 aromatic rings. The van der Waals surface area contributed by atoms with Crippen molar-refractivity contribution in [1.29, 1.82) is 0 Å². The predicted octanol–water partition coefficient (Wildman–Crippen LogP) is -1.89. The highest BCUT2D eigenvalue weighted by Crippen LogP contribution is 2.10. The molecule has 0 radical (unpaired) electrons. The summed E-state index contributed by atoms with van der Waals surface area (Å²) in [6.07, 6.45) is -0.242. The molecule has 0 aliphatic heterocycles. The molecule has 1 atom stereocenters. The fourth-order valence-electron chi connectivity index (χ4n) is 0.684. The van der Waals surface area contributed by atoms with Crippen LogP contribution in [-0.2, 0) is 10.1 Å². The number of hydrogen-bond acceptors (Lipinski definition) is 5. The molecule has 0 amide bonds. The Bertz CT molecular complexity index is 214. The van der Waals surface area contributed by atoms with Gasteiger partial charge >= 0.3 is 8.80 Å². The smallest absolute Gasteiger partial charge is 0.389 e.